The quantitative estimate of drug-likeness (QED) is 0.763. The first-order valence-electron chi connectivity index (χ1n) is 6.54. The van der Waals surface area contributed by atoms with Crippen molar-refractivity contribution < 1.29 is 14.2 Å². The fourth-order valence-corrected chi connectivity index (χ4v) is 2.24. The highest BCUT2D eigenvalue weighted by molar-refractivity contribution is 6.17. The van der Waals surface area contributed by atoms with Crippen molar-refractivity contribution >= 4 is 11.6 Å². The summed E-state index contributed by atoms with van der Waals surface area (Å²) in [4.78, 5) is 4.43. The molecule has 1 aromatic heterocycles. The van der Waals surface area contributed by atoms with Gasteiger partial charge in [0.1, 0.15) is 12.4 Å². The van der Waals surface area contributed by atoms with E-state index in [2.05, 4.69) is 4.98 Å². The van der Waals surface area contributed by atoms with E-state index < -0.39 is 0 Å². The van der Waals surface area contributed by atoms with Gasteiger partial charge in [0.2, 0.25) is 0 Å². The number of methoxy groups -OCH3 is 2. The molecular formula is C16H18ClNO3. The van der Waals surface area contributed by atoms with E-state index in [0.717, 1.165) is 22.7 Å². The molecule has 0 aliphatic heterocycles. The van der Waals surface area contributed by atoms with E-state index in [1.54, 1.807) is 14.2 Å². The molecule has 0 saturated carbocycles. The maximum absolute atomic E-state index is 5.94. The second-order valence-corrected chi connectivity index (χ2v) is 4.78. The average molecular weight is 308 g/mol. The predicted molar refractivity (Wildman–Crippen MR) is 82.4 cm³/mol. The summed E-state index contributed by atoms with van der Waals surface area (Å²) in [5.41, 5.74) is 2.56. The van der Waals surface area contributed by atoms with Crippen LogP contribution in [0.5, 0.6) is 17.2 Å². The van der Waals surface area contributed by atoms with Gasteiger partial charge in [-0.3, -0.25) is 4.98 Å². The van der Waals surface area contributed by atoms with E-state index in [9.17, 15) is 0 Å². The molecule has 2 rings (SSSR count). The lowest BCUT2D eigenvalue weighted by Gasteiger charge is -2.14. The molecule has 4 nitrogen and oxygen atoms in total. The van der Waals surface area contributed by atoms with Crippen molar-refractivity contribution in [1.82, 2.24) is 4.98 Å². The highest BCUT2D eigenvalue weighted by atomic mass is 35.5. The Morgan fingerprint density at radius 2 is 1.95 bits per heavy atom. The van der Waals surface area contributed by atoms with Crippen molar-refractivity contribution in [2.24, 2.45) is 0 Å². The van der Waals surface area contributed by atoms with Crippen molar-refractivity contribution in [3.05, 3.63) is 47.3 Å². The molecule has 0 radical (unpaired) electrons. The third kappa shape index (κ3) is 3.79. The summed E-state index contributed by atoms with van der Waals surface area (Å²) < 4.78 is 16.4. The van der Waals surface area contributed by atoms with Crippen LogP contribution in [-0.4, -0.2) is 19.2 Å². The number of pyridine rings is 1. The largest absolute Gasteiger partial charge is 0.497 e. The van der Waals surface area contributed by atoms with Gasteiger partial charge in [0, 0.05) is 23.4 Å². The lowest BCUT2D eigenvalue weighted by atomic mass is 10.2. The number of rotatable bonds is 6. The van der Waals surface area contributed by atoms with Crippen molar-refractivity contribution in [2.45, 2.75) is 19.4 Å². The van der Waals surface area contributed by atoms with Crippen molar-refractivity contribution in [3.8, 4) is 17.2 Å². The summed E-state index contributed by atoms with van der Waals surface area (Å²) in [5, 5.41) is 0. The molecule has 0 N–H and O–H groups in total. The lowest BCUT2D eigenvalue weighted by Crippen LogP contribution is -2.03. The second-order valence-electron chi connectivity index (χ2n) is 4.51. The summed E-state index contributed by atoms with van der Waals surface area (Å²) in [6.07, 6.45) is 0. The molecule has 1 aromatic carbocycles. The molecule has 0 saturated heterocycles. The molecule has 112 valence electrons. The molecule has 0 bridgehead atoms. The van der Waals surface area contributed by atoms with E-state index in [0.29, 0.717) is 24.0 Å². The zero-order chi connectivity index (χ0) is 15.2. The minimum atomic E-state index is 0.322. The number of nitrogens with zero attached hydrogens (tertiary/aromatic N) is 1. The molecule has 21 heavy (non-hydrogen) atoms. The Morgan fingerprint density at radius 3 is 2.62 bits per heavy atom. The molecule has 0 amide bonds. The molecule has 0 spiro atoms. The van der Waals surface area contributed by atoms with Crippen molar-refractivity contribution in [2.75, 3.05) is 14.2 Å². The first kappa shape index (κ1) is 15.4. The summed E-state index contributed by atoms with van der Waals surface area (Å²) >= 11 is 5.94. The van der Waals surface area contributed by atoms with Crippen LogP contribution < -0.4 is 14.2 Å². The zero-order valence-corrected chi connectivity index (χ0v) is 13.1. The number of halogens is 1. The van der Waals surface area contributed by atoms with Crippen LogP contribution in [0, 0.1) is 6.92 Å². The smallest absolute Gasteiger partial charge is 0.166 e. The zero-order valence-electron chi connectivity index (χ0n) is 12.4. The molecule has 0 aliphatic carbocycles. The van der Waals surface area contributed by atoms with Gasteiger partial charge in [0.25, 0.3) is 0 Å². The maximum atomic E-state index is 5.94. The van der Waals surface area contributed by atoms with Gasteiger partial charge in [-0.2, -0.15) is 0 Å². The van der Waals surface area contributed by atoms with Gasteiger partial charge < -0.3 is 14.2 Å². The maximum Gasteiger partial charge on any atom is 0.166 e. The van der Waals surface area contributed by atoms with E-state index in [1.165, 1.54) is 0 Å². The number of para-hydroxylation sites is 1. The summed E-state index contributed by atoms with van der Waals surface area (Å²) in [5.74, 6) is 2.43. The highest BCUT2D eigenvalue weighted by Gasteiger charge is 2.11. The van der Waals surface area contributed by atoms with Crippen LogP contribution in [0.15, 0.2) is 30.3 Å². The highest BCUT2D eigenvalue weighted by Crippen LogP contribution is 2.32. The summed E-state index contributed by atoms with van der Waals surface area (Å²) in [6, 6.07) is 9.36. The fraction of sp³-hybridized carbons (Fsp3) is 0.312. The van der Waals surface area contributed by atoms with Crippen LogP contribution in [0.25, 0.3) is 0 Å². The molecule has 0 fully saturated rings. The Kier molecular flexibility index (Phi) is 5.28. The fourth-order valence-electron chi connectivity index (χ4n) is 2.03. The molecule has 0 aliphatic rings. The first-order chi connectivity index (χ1) is 10.2. The van der Waals surface area contributed by atoms with E-state index >= 15 is 0 Å². The average Bonchev–Trinajstić information content (AvgIpc) is 2.51. The summed E-state index contributed by atoms with van der Waals surface area (Å²) in [7, 11) is 3.24. The molecule has 1 heterocycles. The van der Waals surface area contributed by atoms with Crippen LogP contribution in [0.4, 0.5) is 0 Å². The van der Waals surface area contributed by atoms with Crippen molar-refractivity contribution in [3.63, 3.8) is 0 Å². The number of hydrogen-bond donors (Lipinski definition) is 0. The van der Waals surface area contributed by atoms with Gasteiger partial charge in [-0.05, 0) is 13.0 Å². The molecule has 0 atom stereocenters. The number of benzene rings is 1. The standard InChI is InChI=1S/C16H18ClNO3/c1-11-7-14(19-2)8-13(18-11)10-21-16-12(9-17)5-4-6-15(16)20-3/h4-8H,9-10H2,1-3H3. The Bertz CT molecular complexity index is 594. The lowest BCUT2D eigenvalue weighted by molar-refractivity contribution is 0.277. The van der Waals surface area contributed by atoms with E-state index in [4.69, 9.17) is 25.8 Å². The second kappa shape index (κ2) is 7.18. The molecule has 0 unspecified atom stereocenters. The minimum Gasteiger partial charge on any atom is -0.497 e. The van der Waals surface area contributed by atoms with E-state index in [-0.39, 0.29) is 0 Å². The Morgan fingerprint density at radius 1 is 1.14 bits per heavy atom. The number of aryl methyl sites for hydroxylation is 1. The van der Waals surface area contributed by atoms with Crippen LogP contribution in [0.1, 0.15) is 17.0 Å². The predicted octanol–water partition coefficient (Wildman–Crippen LogP) is 3.73. The van der Waals surface area contributed by atoms with Gasteiger partial charge >= 0.3 is 0 Å². The van der Waals surface area contributed by atoms with Gasteiger partial charge in [0.05, 0.1) is 25.8 Å². The summed E-state index contributed by atoms with van der Waals surface area (Å²) in [6.45, 7) is 2.24. The molecule has 5 heteroatoms. The number of alkyl halides is 1. The van der Waals surface area contributed by atoms with Crippen LogP contribution in [-0.2, 0) is 12.5 Å². The van der Waals surface area contributed by atoms with Gasteiger partial charge in [-0.1, -0.05) is 12.1 Å². The minimum absolute atomic E-state index is 0.322. The Balaban J connectivity index is 2.22. The third-order valence-electron chi connectivity index (χ3n) is 3.00. The van der Waals surface area contributed by atoms with Crippen LogP contribution >= 0.6 is 11.6 Å². The normalized spacial score (nSPS) is 10.3. The topological polar surface area (TPSA) is 40.6 Å². The first-order valence-corrected chi connectivity index (χ1v) is 7.07. The van der Waals surface area contributed by atoms with Gasteiger partial charge in [-0.15, -0.1) is 11.6 Å². The van der Waals surface area contributed by atoms with Crippen molar-refractivity contribution in [1.29, 1.82) is 0 Å². The number of hydrogen-bond acceptors (Lipinski definition) is 4. The van der Waals surface area contributed by atoms with E-state index in [1.807, 2.05) is 37.3 Å². The number of aromatic nitrogens is 1. The Hall–Kier alpha value is -1.94. The Labute approximate surface area is 129 Å². The van der Waals surface area contributed by atoms with Gasteiger partial charge in [-0.25, -0.2) is 0 Å². The SMILES string of the molecule is COc1cc(C)nc(COc2c(CCl)cccc2OC)c1. The van der Waals surface area contributed by atoms with Crippen LogP contribution in [0.3, 0.4) is 0 Å². The molecule has 2 aromatic rings. The monoisotopic (exact) mass is 307 g/mol. The third-order valence-corrected chi connectivity index (χ3v) is 3.29. The van der Waals surface area contributed by atoms with Gasteiger partial charge in [0.15, 0.2) is 11.5 Å². The number of ether oxygens (including phenoxy) is 3. The molecular weight excluding hydrogens is 290 g/mol. The van der Waals surface area contributed by atoms with Crippen LogP contribution in [0.2, 0.25) is 0 Å².